The van der Waals surface area contributed by atoms with E-state index >= 15 is 0 Å². The van der Waals surface area contributed by atoms with Crippen LogP contribution in [0.15, 0.2) is 36.7 Å². The van der Waals surface area contributed by atoms with E-state index in [2.05, 4.69) is 41.5 Å². The van der Waals surface area contributed by atoms with E-state index in [4.69, 9.17) is 0 Å². The molecule has 6 nitrogen and oxygen atoms in total. The van der Waals surface area contributed by atoms with E-state index in [1.54, 1.807) is 6.20 Å². The molecule has 1 aromatic carbocycles. The Labute approximate surface area is 178 Å². The SMILES string of the molecule is Cc1ccc(C[C@]2(CCC(=O)N3CCCC[C@@H]3c3nccn3C)CCC(=O)N2)cc1. The van der Waals surface area contributed by atoms with Crippen LogP contribution in [-0.2, 0) is 23.1 Å². The summed E-state index contributed by atoms with van der Waals surface area (Å²) in [5.41, 5.74) is 2.11. The Hall–Kier alpha value is -2.63. The number of likely N-dealkylation sites (tertiary alicyclic amines) is 1. The summed E-state index contributed by atoms with van der Waals surface area (Å²) in [5, 5.41) is 3.21. The lowest BCUT2D eigenvalue weighted by Gasteiger charge is -2.36. The van der Waals surface area contributed by atoms with Gasteiger partial charge in [0.2, 0.25) is 11.8 Å². The first-order chi connectivity index (χ1) is 14.5. The molecule has 2 aliphatic heterocycles. The van der Waals surface area contributed by atoms with Crippen molar-refractivity contribution >= 4 is 11.8 Å². The number of rotatable bonds is 6. The molecule has 0 radical (unpaired) electrons. The Kier molecular flexibility index (Phi) is 5.93. The molecule has 1 N–H and O–H groups in total. The predicted molar refractivity (Wildman–Crippen MR) is 116 cm³/mol. The lowest BCUT2D eigenvalue weighted by Crippen LogP contribution is -2.46. The van der Waals surface area contributed by atoms with Gasteiger partial charge in [0, 0.05) is 44.4 Å². The molecule has 30 heavy (non-hydrogen) atoms. The van der Waals surface area contributed by atoms with Crippen LogP contribution in [0.3, 0.4) is 0 Å². The molecule has 2 aromatic rings. The van der Waals surface area contributed by atoms with Crippen molar-refractivity contribution in [2.24, 2.45) is 7.05 Å². The number of benzene rings is 1. The second kappa shape index (κ2) is 8.62. The fraction of sp³-hybridized carbons (Fsp3) is 0.542. The third kappa shape index (κ3) is 4.42. The lowest BCUT2D eigenvalue weighted by molar-refractivity contribution is -0.136. The zero-order valence-electron chi connectivity index (χ0n) is 18.1. The van der Waals surface area contributed by atoms with Crippen molar-refractivity contribution in [3.05, 3.63) is 53.6 Å². The van der Waals surface area contributed by atoms with Gasteiger partial charge in [0.05, 0.1) is 6.04 Å². The van der Waals surface area contributed by atoms with Crippen molar-refractivity contribution in [1.29, 1.82) is 0 Å². The molecule has 2 atom stereocenters. The minimum atomic E-state index is -0.323. The van der Waals surface area contributed by atoms with Crippen molar-refractivity contribution < 1.29 is 9.59 Å². The van der Waals surface area contributed by atoms with Gasteiger partial charge in [-0.05, 0) is 51.0 Å². The van der Waals surface area contributed by atoms with Gasteiger partial charge in [0.25, 0.3) is 0 Å². The molecule has 0 aliphatic carbocycles. The molecule has 2 saturated heterocycles. The minimum Gasteiger partial charge on any atom is -0.350 e. The van der Waals surface area contributed by atoms with Gasteiger partial charge < -0.3 is 14.8 Å². The molecular weight excluding hydrogens is 376 g/mol. The molecule has 0 spiro atoms. The zero-order chi connectivity index (χ0) is 21.1. The van der Waals surface area contributed by atoms with Crippen molar-refractivity contribution in [3.8, 4) is 0 Å². The van der Waals surface area contributed by atoms with Crippen LogP contribution in [0.2, 0.25) is 0 Å². The number of carbonyl (C=O) groups is 2. The number of nitrogens with one attached hydrogen (secondary N) is 1. The molecular formula is C24H32N4O2. The largest absolute Gasteiger partial charge is 0.350 e. The van der Waals surface area contributed by atoms with E-state index in [0.717, 1.165) is 44.5 Å². The number of nitrogens with zero attached hydrogens (tertiary/aromatic N) is 3. The quantitative estimate of drug-likeness (QED) is 0.796. The Bertz CT molecular complexity index is 904. The molecule has 4 rings (SSSR count). The van der Waals surface area contributed by atoms with E-state index < -0.39 is 0 Å². The number of amides is 2. The van der Waals surface area contributed by atoms with Gasteiger partial charge in [-0.3, -0.25) is 9.59 Å². The summed E-state index contributed by atoms with van der Waals surface area (Å²) in [6.07, 6.45) is 10.1. The Morgan fingerprint density at radius 2 is 2.07 bits per heavy atom. The highest BCUT2D eigenvalue weighted by Gasteiger charge is 2.39. The summed E-state index contributed by atoms with van der Waals surface area (Å²) >= 11 is 0. The Morgan fingerprint density at radius 3 is 2.73 bits per heavy atom. The van der Waals surface area contributed by atoms with Crippen LogP contribution in [0.25, 0.3) is 0 Å². The highest BCUT2D eigenvalue weighted by atomic mass is 16.2. The summed E-state index contributed by atoms with van der Waals surface area (Å²) in [7, 11) is 1.99. The average molecular weight is 409 g/mol. The van der Waals surface area contributed by atoms with E-state index in [0.29, 0.717) is 19.3 Å². The van der Waals surface area contributed by atoms with E-state index in [1.165, 1.54) is 11.1 Å². The fourth-order valence-electron chi connectivity index (χ4n) is 4.97. The molecule has 1 aromatic heterocycles. The molecule has 3 heterocycles. The Morgan fingerprint density at radius 1 is 1.27 bits per heavy atom. The van der Waals surface area contributed by atoms with Crippen LogP contribution < -0.4 is 5.32 Å². The van der Waals surface area contributed by atoms with Gasteiger partial charge >= 0.3 is 0 Å². The molecule has 6 heteroatoms. The number of imidazole rings is 1. The fourth-order valence-corrected chi connectivity index (χ4v) is 4.97. The van der Waals surface area contributed by atoms with Crippen LogP contribution >= 0.6 is 0 Å². The van der Waals surface area contributed by atoms with Crippen LogP contribution in [0.1, 0.15) is 67.9 Å². The smallest absolute Gasteiger partial charge is 0.223 e. The lowest BCUT2D eigenvalue weighted by atomic mass is 9.84. The van der Waals surface area contributed by atoms with E-state index in [9.17, 15) is 9.59 Å². The van der Waals surface area contributed by atoms with Crippen LogP contribution in [-0.4, -0.2) is 38.3 Å². The molecule has 2 fully saturated rings. The first kappa shape index (κ1) is 20.6. The van der Waals surface area contributed by atoms with Gasteiger partial charge in [-0.2, -0.15) is 0 Å². The van der Waals surface area contributed by atoms with Gasteiger partial charge in [0.1, 0.15) is 5.82 Å². The second-order valence-corrected chi connectivity index (χ2v) is 8.99. The number of hydrogen-bond donors (Lipinski definition) is 1. The number of aryl methyl sites for hydroxylation is 2. The average Bonchev–Trinajstić information content (AvgIpc) is 3.34. The second-order valence-electron chi connectivity index (χ2n) is 8.99. The summed E-state index contributed by atoms with van der Waals surface area (Å²) in [6, 6.07) is 8.53. The van der Waals surface area contributed by atoms with Gasteiger partial charge in [-0.25, -0.2) is 4.98 Å². The highest BCUT2D eigenvalue weighted by molar-refractivity contribution is 5.80. The van der Waals surface area contributed by atoms with Crippen LogP contribution in [0, 0.1) is 6.92 Å². The third-order valence-electron chi connectivity index (χ3n) is 6.70. The summed E-state index contributed by atoms with van der Waals surface area (Å²) < 4.78 is 2.02. The molecule has 0 saturated carbocycles. The third-order valence-corrected chi connectivity index (χ3v) is 6.70. The molecule has 160 valence electrons. The Balaban J connectivity index is 1.46. The standard InChI is InChI=1S/C24H32N4O2/c1-18-6-8-19(9-7-18)17-24(12-10-21(29)26-24)13-11-22(30)28-15-4-3-5-20(28)23-25-14-16-27(23)2/h6-9,14,16,20H,3-5,10-13,15,17H2,1-2H3,(H,26,29)/t20-,24-/m1/s1. The molecule has 0 bridgehead atoms. The number of carbonyl (C=O) groups excluding carboxylic acids is 2. The summed E-state index contributed by atoms with van der Waals surface area (Å²) in [6.45, 7) is 2.86. The first-order valence-corrected chi connectivity index (χ1v) is 11.1. The predicted octanol–water partition coefficient (Wildman–Crippen LogP) is 3.45. The normalized spacial score (nSPS) is 24.1. The van der Waals surface area contributed by atoms with Gasteiger partial charge in [0.15, 0.2) is 0 Å². The van der Waals surface area contributed by atoms with E-state index in [1.807, 2.05) is 22.7 Å². The maximum Gasteiger partial charge on any atom is 0.223 e. The first-order valence-electron chi connectivity index (χ1n) is 11.1. The van der Waals surface area contributed by atoms with Gasteiger partial charge in [-0.1, -0.05) is 29.8 Å². The van der Waals surface area contributed by atoms with Crippen molar-refractivity contribution in [2.75, 3.05) is 6.54 Å². The number of piperidine rings is 1. The number of aromatic nitrogens is 2. The molecule has 2 amide bonds. The van der Waals surface area contributed by atoms with Crippen LogP contribution in [0.4, 0.5) is 0 Å². The monoisotopic (exact) mass is 408 g/mol. The topological polar surface area (TPSA) is 67.2 Å². The van der Waals surface area contributed by atoms with Crippen LogP contribution in [0.5, 0.6) is 0 Å². The minimum absolute atomic E-state index is 0.0532. The molecule has 2 aliphatic rings. The van der Waals surface area contributed by atoms with E-state index in [-0.39, 0.29) is 23.4 Å². The summed E-state index contributed by atoms with van der Waals surface area (Å²) in [5.74, 6) is 1.23. The van der Waals surface area contributed by atoms with Gasteiger partial charge in [-0.15, -0.1) is 0 Å². The maximum atomic E-state index is 13.3. The summed E-state index contributed by atoms with van der Waals surface area (Å²) in [4.78, 5) is 31.9. The van der Waals surface area contributed by atoms with Crippen molar-refractivity contribution in [2.45, 2.75) is 69.9 Å². The van der Waals surface area contributed by atoms with Crippen molar-refractivity contribution in [1.82, 2.24) is 19.8 Å². The molecule has 0 unspecified atom stereocenters. The zero-order valence-corrected chi connectivity index (χ0v) is 18.1. The highest BCUT2D eigenvalue weighted by Crippen LogP contribution is 2.33. The maximum absolute atomic E-state index is 13.3. The van der Waals surface area contributed by atoms with Crippen molar-refractivity contribution in [3.63, 3.8) is 0 Å². The number of hydrogen-bond acceptors (Lipinski definition) is 3.